The fraction of sp³-hybridized carbons (Fsp3) is 1.00. The third-order valence-corrected chi connectivity index (χ3v) is 6.68. The molecule has 12 heteroatoms. The predicted octanol–water partition coefficient (Wildman–Crippen LogP) is -1.25. The number of hydrogen-bond acceptors (Lipinski definition) is 6. The molecular weight excluding hydrogens is 288 g/mol. The third-order valence-electron chi connectivity index (χ3n) is 1.68. The van der Waals surface area contributed by atoms with Gasteiger partial charge in [0.05, 0.1) is 0 Å². The van der Waals surface area contributed by atoms with E-state index in [-0.39, 0.29) is 0 Å². The average Bonchev–Trinajstić information content (AvgIpc) is 1.91. The average molecular weight is 298 g/mol. The van der Waals surface area contributed by atoms with Crippen LogP contribution in [0, 0.1) is 0 Å². The molecule has 3 N–H and O–H groups in total. The second-order valence-corrected chi connectivity index (χ2v) is 7.87. The summed E-state index contributed by atoms with van der Waals surface area (Å²) >= 11 is 0. The Morgan fingerprint density at radius 3 is 1.19 bits per heavy atom. The molecule has 0 aromatic heterocycles. The van der Waals surface area contributed by atoms with E-state index in [0.29, 0.717) is 0 Å². The molecule has 0 spiro atoms. The number of hydrogen-bond donors (Lipinski definition) is 3. The zero-order valence-electron chi connectivity index (χ0n) is 7.88. The molecule has 0 aromatic carbocycles. The smallest absolute Gasteiger partial charge is 0.285 e. The van der Waals surface area contributed by atoms with Crippen LogP contribution in [-0.2, 0) is 30.4 Å². The number of rotatable bonds is 5. The molecule has 0 aliphatic rings. The minimum atomic E-state index is -5.39. The quantitative estimate of drug-likeness (QED) is 0.526. The molecule has 0 heterocycles. The van der Waals surface area contributed by atoms with Crippen LogP contribution in [0.5, 0.6) is 0 Å². The standard InChI is InChI=1S/C4H10O9S3/c1-2-3(14(5,6)7)4(15(8,9)10)16(11,12)13/h3-4H,2H2,1H3,(H,5,6,7)(H,8,9,10)(H,11,12,13). The van der Waals surface area contributed by atoms with Gasteiger partial charge < -0.3 is 0 Å². The van der Waals surface area contributed by atoms with Gasteiger partial charge in [-0.3, -0.25) is 13.7 Å². The normalized spacial score (nSPS) is 16.3. The molecule has 0 fully saturated rings. The van der Waals surface area contributed by atoms with Gasteiger partial charge >= 0.3 is 0 Å². The summed E-state index contributed by atoms with van der Waals surface area (Å²) in [5.41, 5.74) is 0. The lowest BCUT2D eigenvalue weighted by Crippen LogP contribution is -2.44. The summed E-state index contributed by atoms with van der Waals surface area (Å²) in [6, 6.07) is 0. The van der Waals surface area contributed by atoms with Crippen molar-refractivity contribution in [2.75, 3.05) is 0 Å². The van der Waals surface area contributed by atoms with E-state index in [1.54, 1.807) is 0 Å². The molecule has 0 bridgehead atoms. The summed E-state index contributed by atoms with van der Waals surface area (Å²) in [4.78, 5) is 0. The Kier molecular flexibility index (Phi) is 4.46. The SMILES string of the molecule is CCC(C(S(=O)(=O)O)S(=O)(=O)O)S(=O)(=O)O. The second kappa shape index (κ2) is 4.54. The van der Waals surface area contributed by atoms with Crippen LogP contribution in [0.3, 0.4) is 0 Å². The Balaban J connectivity index is 5.93. The minimum Gasteiger partial charge on any atom is -0.285 e. The maximum absolute atomic E-state index is 10.7. The Morgan fingerprint density at radius 1 is 0.812 bits per heavy atom. The van der Waals surface area contributed by atoms with Crippen LogP contribution in [0.15, 0.2) is 0 Å². The first-order valence-electron chi connectivity index (χ1n) is 3.70. The van der Waals surface area contributed by atoms with Gasteiger partial charge in [0.25, 0.3) is 30.4 Å². The molecular formula is C4H10O9S3. The molecule has 1 unspecified atom stereocenters. The summed E-state index contributed by atoms with van der Waals surface area (Å²) in [6.07, 6.45) is -0.636. The molecule has 9 nitrogen and oxygen atoms in total. The van der Waals surface area contributed by atoms with Gasteiger partial charge in [-0.25, -0.2) is 0 Å². The fourth-order valence-electron chi connectivity index (χ4n) is 1.08. The molecule has 0 radical (unpaired) electrons. The van der Waals surface area contributed by atoms with Crippen molar-refractivity contribution in [3.63, 3.8) is 0 Å². The Bertz CT molecular complexity index is 506. The maximum Gasteiger partial charge on any atom is 0.286 e. The molecule has 0 amide bonds. The van der Waals surface area contributed by atoms with Gasteiger partial charge in [-0.15, -0.1) is 0 Å². The van der Waals surface area contributed by atoms with Gasteiger partial charge in [0.15, 0.2) is 0 Å². The van der Waals surface area contributed by atoms with Crippen LogP contribution < -0.4 is 0 Å². The van der Waals surface area contributed by atoms with Gasteiger partial charge in [0.1, 0.15) is 5.25 Å². The van der Waals surface area contributed by atoms with Crippen LogP contribution in [0.25, 0.3) is 0 Å². The van der Waals surface area contributed by atoms with Crippen LogP contribution in [0.1, 0.15) is 13.3 Å². The Labute approximate surface area is 92.7 Å². The van der Waals surface area contributed by atoms with E-state index >= 15 is 0 Å². The predicted molar refractivity (Wildman–Crippen MR) is 52.5 cm³/mol. The maximum atomic E-state index is 10.7. The Hall–Kier alpha value is -0.270. The van der Waals surface area contributed by atoms with Crippen molar-refractivity contribution < 1.29 is 38.9 Å². The molecule has 1 atom stereocenters. The van der Waals surface area contributed by atoms with Gasteiger partial charge in [-0.05, 0) is 6.42 Å². The zero-order valence-corrected chi connectivity index (χ0v) is 10.3. The highest BCUT2D eigenvalue weighted by molar-refractivity contribution is 8.05. The van der Waals surface area contributed by atoms with Gasteiger partial charge in [-0.2, -0.15) is 25.3 Å². The second-order valence-electron chi connectivity index (χ2n) is 2.86. The molecule has 0 rings (SSSR count). The largest absolute Gasteiger partial charge is 0.286 e. The van der Waals surface area contributed by atoms with Crippen molar-refractivity contribution in [1.29, 1.82) is 0 Å². The first kappa shape index (κ1) is 15.7. The van der Waals surface area contributed by atoms with E-state index in [2.05, 4.69) is 0 Å². The van der Waals surface area contributed by atoms with E-state index in [0.717, 1.165) is 6.92 Å². The van der Waals surface area contributed by atoms with Gasteiger partial charge in [0, 0.05) is 0 Å². The van der Waals surface area contributed by atoms with Crippen molar-refractivity contribution in [2.45, 2.75) is 23.2 Å². The van der Waals surface area contributed by atoms with Crippen LogP contribution in [0.2, 0.25) is 0 Å². The highest BCUT2D eigenvalue weighted by Crippen LogP contribution is 2.20. The van der Waals surface area contributed by atoms with Crippen molar-refractivity contribution in [2.24, 2.45) is 0 Å². The van der Waals surface area contributed by atoms with Crippen LogP contribution in [0.4, 0.5) is 0 Å². The summed E-state index contributed by atoms with van der Waals surface area (Å²) in [5, 5.41) is -2.36. The van der Waals surface area contributed by atoms with E-state index in [1.165, 1.54) is 0 Å². The van der Waals surface area contributed by atoms with Crippen molar-refractivity contribution in [1.82, 2.24) is 0 Å². The third kappa shape index (κ3) is 3.95. The summed E-state index contributed by atoms with van der Waals surface area (Å²) in [5.74, 6) is 0. The monoisotopic (exact) mass is 298 g/mol. The summed E-state index contributed by atoms with van der Waals surface area (Å²) in [7, 11) is -15.8. The zero-order chi connectivity index (χ0) is 13.4. The highest BCUT2D eigenvalue weighted by Gasteiger charge is 2.47. The topological polar surface area (TPSA) is 163 Å². The van der Waals surface area contributed by atoms with Crippen molar-refractivity contribution in [3.05, 3.63) is 0 Å². The molecule has 0 saturated carbocycles. The van der Waals surface area contributed by atoms with Crippen LogP contribution >= 0.6 is 0 Å². The van der Waals surface area contributed by atoms with Gasteiger partial charge in [0.2, 0.25) is 4.58 Å². The molecule has 16 heavy (non-hydrogen) atoms. The van der Waals surface area contributed by atoms with Gasteiger partial charge in [-0.1, -0.05) is 6.92 Å². The molecule has 98 valence electrons. The van der Waals surface area contributed by atoms with E-state index < -0.39 is 46.6 Å². The lowest BCUT2D eigenvalue weighted by atomic mass is 10.4. The molecule has 0 saturated heterocycles. The minimum absolute atomic E-state index is 0.636. The summed E-state index contributed by atoms with van der Waals surface area (Å²) < 4.78 is 86.7. The van der Waals surface area contributed by atoms with E-state index in [4.69, 9.17) is 13.7 Å². The lowest BCUT2D eigenvalue weighted by molar-refractivity contribution is 0.431. The molecule has 0 aliphatic heterocycles. The Morgan fingerprint density at radius 2 is 1.12 bits per heavy atom. The fourth-order valence-corrected chi connectivity index (χ4v) is 5.85. The van der Waals surface area contributed by atoms with E-state index in [1.807, 2.05) is 0 Å². The lowest BCUT2D eigenvalue weighted by Gasteiger charge is -2.18. The van der Waals surface area contributed by atoms with Crippen molar-refractivity contribution in [3.8, 4) is 0 Å². The summed E-state index contributed by atoms with van der Waals surface area (Å²) in [6.45, 7) is 1.06. The first-order valence-corrected chi connectivity index (χ1v) is 8.21. The van der Waals surface area contributed by atoms with E-state index in [9.17, 15) is 25.3 Å². The first-order chi connectivity index (χ1) is 6.81. The highest BCUT2D eigenvalue weighted by atomic mass is 32.3. The van der Waals surface area contributed by atoms with Crippen LogP contribution in [-0.4, -0.2) is 48.7 Å². The molecule has 0 aromatic rings. The molecule has 0 aliphatic carbocycles. The van der Waals surface area contributed by atoms with Crippen molar-refractivity contribution >= 4 is 30.4 Å².